The number of carbonyl (C=O) groups excluding carboxylic acids is 1. The summed E-state index contributed by atoms with van der Waals surface area (Å²) in [6.07, 6.45) is 0. The summed E-state index contributed by atoms with van der Waals surface area (Å²) in [6, 6.07) is 6.69. The molecule has 5 heteroatoms. The van der Waals surface area contributed by atoms with Gasteiger partial charge in [0, 0.05) is 13.1 Å². The van der Waals surface area contributed by atoms with E-state index in [4.69, 9.17) is 21.6 Å². The lowest BCUT2D eigenvalue weighted by Crippen LogP contribution is -2.34. The summed E-state index contributed by atoms with van der Waals surface area (Å²) in [4.78, 5) is 13.4. The highest BCUT2D eigenvalue weighted by atomic mass is 35.5. The number of nitriles is 1. The smallest absolute Gasteiger partial charge is 0.260 e. The van der Waals surface area contributed by atoms with E-state index in [0.717, 1.165) is 0 Å². The van der Waals surface area contributed by atoms with E-state index in [9.17, 15) is 4.79 Å². The van der Waals surface area contributed by atoms with Gasteiger partial charge in [-0.15, -0.1) is 0 Å². The molecule has 0 bridgehead atoms. The third-order valence-corrected chi connectivity index (χ3v) is 2.82. The third-order valence-electron chi connectivity index (χ3n) is 2.53. The molecule has 0 N–H and O–H groups in total. The Morgan fingerprint density at radius 3 is 2.61 bits per heavy atom. The molecule has 0 atom stereocenters. The van der Waals surface area contributed by atoms with Gasteiger partial charge in [0.25, 0.3) is 5.91 Å². The molecule has 0 aliphatic heterocycles. The minimum absolute atomic E-state index is 0.0483. The zero-order valence-corrected chi connectivity index (χ0v) is 11.2. The number of benzene rings is 1. The fourth-order valence-corrected chi connectivity index (χ4v) is 1.73. The highest BCUT2D eigenvalue weighted by molar-refractivity contribution is 6.32. The van der Waals surface area contributed by atoms with E-state index in [1.54, 1.807) is 17.0 Å². The Morgan fingerprint density at radius 1 is 1.44 bits per heavy atom. The van der Waals surface area contributed by atoms with Crippen molar-refractivity contribution in [3.8, 4) is 11.8 Å². The van der Waals surface area contributed by atoms with Gasteiger partial charge in [-0.1, -0.05) is 11.6 Å². The number of hydrogen-bond donors (Lipinski definition) is 0. The van der Waals surface area contributed by atoms with Crippen LogP contribution in [0.15, 0.2) is 18.2 Å². The van der Waals surface area contributed by atoms with Crippen LogP contribution < -0.4 is 4.74 Å². The molecule has 1 amide bonds. The predicted molar refractivity (Wildman–Crippen MR) is 69.6 cm³/mol. The molecule has 1 aromatic carbocycles. The van der Waals surface area contributed by atoms with E-state index in [1.807, 2.05) is 19.9 Å². The first-order valence-corrected chi connectivity index (χ1v) is 6.10. The number of ether oxygens (including phenoxy) is 1. The molecule has 0 heterocycles. The minimum Gasteiger partial charge on any atom is -0.482 e. The number of likely N-dealkylation sites (N-methyl/N-ethyl adjacent to an activating group) is 1. The molecular formula is C13H15ClN2O2. The first-order valence-electron chi connectivity index (χ1n) is 5.72. The number of amides is 1. The van der Waals surface area contributed by atoms with E-state index in [2.05, 4.69) is 0 Å². The highest BCUT2D eigenvalue weighted by Gasteiger charge is 2.11. The van der Waals surface area contributed by atoms with Crippen LogP contribution in [-0.4, -0.2) is 30.5 Å². The van der Waals surface area contributed by atoms with Crippen molar-refractivity contribution in [1.82, 2.24) is 4.90 Å². The molecule has 1 rings (SSSR count). The summed E-state index contributed by atoms with van der Waals surface area (Å²) in [5.41, 5.74) is 0.461. The molecule has 0 aliphatic rings. The fraction of sp³-hybridized carbons (Fsp3) is 0.385. The van der Waals surface area contributed by atoms with Crippen molar-refractivity contribution in [3.63, 3.8) is 0 Å². The topological polar surface area (TPSA) is 53.3 Å². The second-order valence-corrected chi connectivity index (χ2v) is 4.02. The SMILES string of the molecule is CCN(CC)C(=O)COc1ccc(C#N)cc1Cl. The van der Waals surface area contributed by atoms with Crippen LogP contribution in [0.2, 0.25) is 5.02 Å². The third kappa shape index (κ3) is 3.64. The second kappa shape index (κ2) is 6.87. The van der Waals surface area contributed by atoms with Crippen molar-refractivity contribution in [3.05, 3.63) is 28.8 Å². The zero-order chi connectivity index (χ0) is 13.5. The van der Waals surface area contributed by atoms with Gasteiger partial charge < -0.3 is 9.64 Å². The highest BCUT2D eigenvalue weighted by Crippen LogP contribution is 2.25. The molecule has 0 aromatic heterocycles. The van der Waals surface area contributed by atoms with E-state index in [1.165, 1.54) is 6.07 Å². The van der Waals surface area contributed by atoms with Crippen LogP contribution in [0.4, 0.5) is 0 Å². The standard InChI is InChI=1S/C13H15ClN2O2/c1-3-16(4-2)13(17)9-18-12-6-5-10(8-15)7-11(12)14/h5-7H,3-4,9H2,1-2H3. The number of nitrogens with zero attached hydrogens (tertiary/aromatic N) is 2. The summed E-state index contributed by atoms with van der Waals surface area (Å²) in [5, 5.41) is 9.03. The molecule has 0 saturated heterocycles. The molecule has 0 saturated carbocycles. The van der Waals surface area contributed by atoms with Crippen molar-refractivity contribution in [2.75, 3.05) is 19.7 Å². The molecule has 0 aliphatic carbocycles. The quantitative estimate of drug-likeness (QED) is 0.823. The minimum atomic E-state index is -0.0829. The van der Waals surface area contributed by atoms with E-state index < -0.39 is 0 Å². The van der Waals surface area contributed by atoms with Crippen molar-refractivity contribution >= 4 is 17.5 Å². The number of rotatable bonds is 5. The monoisotopic (exact) mass is 266 g/mol. The van der Waals surface area contributed by atoms with Crippen LogP contribution in [0.5, 0.6) is 5.75 Å². The van der Waals surface area contributed by atoms with E-state index in [0.29, 0.717) is 29.4 Å². The summed E-state index contributed by atoms with van der Waals surface area (Å²) >= 11 is 5.94. The molecule has 96 valence electrons. The van der Waals surface area contributed by atoms with Gasteiger partial charge in [-0.25, -0.2) is 0 Å². The van der Waals surface area contributed by atoms with Gasteiger partial charge in [-0.05, 0) is 32.0 Å². The van der Waals surface area contributed by atoms with Crippen LogP contribution in [0.1, 0.15) is 19.4 Å². The van der Waals surface area contributed by atoms with Crippen molar-refractivity contribution in [2.45, 2.75) is 13.8 Å². The molecule has 0 spiro atoms. The zero-order valence-electron chi connectivity index (χ0n) is 10.4. The average molecular weight is 267 g/mol. The van der Waals surface area contributed by atoms with Crippen LogP contribution >= 0.6 is 11.6 Å². The maximum atomic E-state index is 11.7. The Morgan fingerprint density at radius 2 is 2.11 bits per heavy atom. The average Bonchev–Trinajstić information content (AvgIpc) is 2.38. The molecular weight excluding hydrogens is 252 g/mol. The number of hydrogen-bond acceptors (Lipinski definition) is 3. The lowest BCUT2D eigenvalue weighted by molar-refractivity contribution is -0.132. The van der Waals surface area contributed by atoms with Crippen LogP contribution in [0.25, 0.3) is 0 Å². The summed E-state index contributed by atoms with van der Waals surface area (Å²) < 4.78 is 5.35. The molecule has 0 radical (unpaired) electrons. The second-order valence-electron chi connectivity index (χ2n) is 3.61. The lowest BCUT2D eigenvalue weighted by Gasteiger charge is -2.18. The van der Waals surface area contributed by atoms with E-state index >= 15 is 0 Å². The Labute approximate surface area is 112 Å². The Balaban J connectivity index is 2.64. The van der Waals surface area contributed by atoms with Crippen LogP contribution in [-0.2, 0) is 4.79 Å². The first kappa shape index (κ1) is 14.3. The molecule has 0 fully saturated rings. The number of halogens is 1. The fourth-order valence-electron chi connectivity index (χ4n) is 1.49. The molecule has 0 unspecified atom stereocenters. The van der Waals surface area contributed by atoms with Crippen molar-refractivity contribution in [1.29, 1.82) is 5.26 Å². The van der Waals surface area contributed by atoms with Gasteiger partial charge in [-0.3, -0.25) is 4.79 Å². The van der Waals surface area contributed by atoms with Gasteiger partial charge in [0.15, 0.2) is 6.61 Å². The Bertz CT molecular complexity index is 465. The van der Waals surface area contributed by atoms with Gasteiger partial charge in [0.05, 0.1) is 16.7 Å². The van der Waals surface area contributed by atoms with Crippen molar-refractivity contribution in [2.24, 2.45) is 0 Å². The van der Waals surface area contributed by atoms with Gasteiger partial charge in [-0.2, -0.15) is 5.26 Å². The summed E-state index contributed by atoms with van der Waals surface area (Å²) in [7, 11) is 0. The summed E-state index contributed by atoms with van der Waals surface area (Å²) in [5.74, 6) is 0.330. The lowest BCUT2D eigenvalue weighted by atomic mass is 10.2. The van der Waals surface area contributed by atoms with Gasteiger partial charge in [0.1, 0.15) is 5.75 Å². The normalized spacial score (nSPS) is 9.67. The molecule has 1 aromatic rings. The molecule has 18 heavy (non-hydrogen) atoms. The van der Waals surface area contributed by atoms with E-state index in [-0.39, 0.29) is 12.5 Å². The summed E-state index contributed by atoms with van der Waals surface area (Å²) in [6.45, 7) is 5.08. The van der Waals surface area contributed by atoms with Crippen LogP contribution in [0.3, 0.4) is 0 Å². The Kier molecular flexibility index (Phi) is 5.47. The maximum absolute atomic E-state index is 11.7. The van der Waals surface area contributed by atoms with Crippen LogP contribution in [0, 0.1) is 11.3 Å². The molecule has 4 nitrogen and oxygen atoms in total. The largest absolute Gasteiger partial charge is 0.482 e. The van der Waals surface area contributed by atoms with Crippen molar-refractivity contribution < 1.29 is 9.53 Å². The number of carbonyl (C=O) groups is 1. The Hall–Kier alpha value is -1.73. The maximum Gasteiger partial charge on any atom is 0.260 e. The van der Waals surface area contributed by atoms with Gasteiger partial charge >= 0.3 is 0 Å². The van der Waals surface area contributed by atoms with Gasteiger partial charge in [0.2, 0.25) is 0 Å². The first-order chi connectivity index (χ1) is 8.62. The predicted octanol–water partition coefficient (Wildman–Crippen LogP) is 2.46.